The van der Waals surface area contributed by atoms with E-state index in [0.717, 1.165) is 11.8 Å². The Bertz CT molecular complexity index is 106. The van der Waals surface area contributed by atoms with Gasteiger partial charge in [0.25, 0.3) is 0 Å². The zero-order valence-corrected chi connectivity index (χ0v) is 14.5. The predicted molar refractivity (Wildman–Crippen MR) is 86.3 cm³/mol. The molecule has 1 heteroatoms. The zero-order chi connectivity index (χ0) is 14.8. The Balaban J connectivity index is -0.000000389. The zero-order valence-electron chi connectivity index (χ0n) is 14.5. The molecule has 0 aliphatic carbocycles. The molecule has 0 rings (SSSR count). The third kappa shape index (κ3) is 18.3. The molecule has 0 amide bonds. The van der Waals surface area contributed by atoms with Crippen molar-refractivity contribution < 1.29 is 4.74 Å². The van der Waals surface area contributed by atoms with E-state index in [1.54, 1.807) is 14.2 Å². The fourth-order valence-electron chi connectivity index (χ4n) is 2.22. The smallest absolute Gasteiger partial charge is 0.0351 e. The second-order valence-corrected chi connectivity index (χ2v) is 4.87. The van der Waals surface area contributed by atoms with Crippen LogP contribution in [-0.2, 0) is 4.74 Å². The first-order valence-electron chi connectivity index (χ1n) is 8.07. The fraction of sp³-hybridized carbons (Fsp3) is 1.00. The minimum absolute atomic E-state index is 0.958. The second kappa shape index (κ2) is 22.2. The van der Waals surface area contributed by atoms with Crippen LogP contribution in [0.3, 0.4) is 0 Å². The van der Waals surface area contributed by atoms with E-state index in [0.29, 0.717) is 0 Å². The van der Waals surface area contributed by atoms with E-state index < -0.39 is 0 Å². The summed E-state index contributed by atoms with van der Waals surface area (Å²) < 4.78 is 4.25. The third-order valence-corrected chi connectivity index (χ3v) is 3.14. The number of methoxy groups -OCH3 is 1. The number of rotatable bonds is 8. The Morgan fingerprint density at radius 2 is 1.17 bits per heavy atom. The van der Waals surface area contributed by atoms with Crippen LogP contribution in [0.5, 0.6) is 0 Å². The van der Waals surface area contributed by atoms with Gasteiger partial charge in [-0.05, 0) is 11.8 Å². The summed E-state index contributed by atoms with van der Waals surface area (Å²) in [4.78, 5) is 0. The van der Waals surface area contributed by atoms with Crippen molar-refractivity contribution in [3.05, 3.63) is 0 Å². The Kier molecular flexibility index (Phi) is 28.4. The van der Waals surface area contributed by atoms with Crippen molar-refractivity contribution in [1.29, 1.82) is 0 Å². The summed E-state index contributed by atoms with van der Waals surface area (Å²) in [7, 11) is 3.25. The van der Waals surface area contributed by atoms with E-state index in [1.807, 2.05) is 13.8 Å². The minimum Gasteiger partial charge on any atom is -0.388 e. The molecule has 1 unspecified atom stereocenters. The summed E-state index contributed by atoms with van der Waals surface area (Å²) in [5.41, 5.74) is 0. The van der Waals surface area contributed by atoms with Gasteiger partial charge in [0.15, 0.2) is 0 Å². The van der Waals surface area contributed by atoms with E-state index >= 15 is 0 Å². The van der Waals surface area contributed by atoms with Gasteiger partial charge in [-0.3, -0.25) is 0 Å². The highest BCUT2D eigenvalue weighted by molar-refractivity contribution is 4.65. The molecule has 0 saturated heterocycles. The van der Waals surface area contributed by atoms with Gasteiger partial charge >= 0.3 is 0 Å². The summed E-state index contributed by atoms with van der Waals surface area (Å²) in [6, 6.07) is 0. The Morgan fingerprint density at radius 3 is 1.44 bits per heavy atom. The van der Waals surface area contributed by atoms with Gasteiger partial charge in [0.2, 0.25) is 0 Å². The number of ether oxygens (including phenoxy) is 1. The molecular weight excluding hydrogens is 220 g/mol. The van der Waals surface area contributed by atoms with E-state index in [1.165, 1.54) is 44.9 Å². The fourth-order valence-corrected chi connectivity index (χ4v) is 2.22. The van der Waals surface area contributed by atoms with Gasteiger partial charge in [0, 0.05) is 14.2 Å². The van der Waals surface area contributed by atoms with Crippen LogP contribution in [0, 0.1) is 11.8 Å². The predicted octanol–water partition coefficient (Wildman–Crippen LogP) is 6.32. The van der Waals surface area contributed by atoms with Crippen molar-refractivity contribution in [2.24, 2.45) is 11.8 Å². The summed E-state index contributed by atoms with van der Waals surface area (Å²) in [5, 5.41) is 0. The highest BCUT2D eigenvalue weighted by atomic mass is 16.4. The molecule has 18 heavy (non-hydrogen) atoms. The van der Waals surface area contributed by atoms with Gasteiger partial charge in [-0.25, -0.2) is 0 Å². The molecular formula is C17H40O. The summed E-state index contributed by atoms with van der Waals surface area (Å²) in [6.45, 7) is 13.4. The molecule has 0 fully saturated rings. The molecule has 0 aromatic carbocycles. The average Bonchev–Trinajstić information content (AvgIpc) is 2.39. The molecule has 0 radical (unpaired) electrons. The van der Waals surface area contributed by atoms with Crippen LogP contribution < -0.4 is 0 Å². The molecule has 0 spiro atoms. The van der Waals surface area contributed by atoms with E-state index in [-0.39, 0.29) is 0 Å². The molecule has 0 aliphatic rings. The largest absolute Gasteiger partial charge is 0.388 e. The molecule has 1 nitrogen and oxygen atoms in total. The van der Waals surface area contributed by atoms with Crippen molar-refractivity contribution >= 4 is 0 Å². The third-order valence-electron chi connectivity index (χ3n) is 3.14. The van der Waals surface area contributed by atoms with Gasteiger partial charge in [-0.15, -0.1) is 0 Å². The summed E-state index contributed by atoms with van der Waals surface area (Å²) in [5.74, 6) is 1.96. The van der Waals surface area contributed by atoms with E-state index in [9.17, 15) is 0 Å². The maximum Gasteiger partial charge on any atom is 0.0351 e. The van der Waals surface area contributed by atoms with Crippen molar-refractivity contribution in [2.75, 3.05) is 14.2 Å². The maximum atomic E-state index is 4.25. The van der Waals surface area contributed by atoms with Crippen molar-refractivity contribution in [2.45, 2.75) is 86.5 Å². The van der Waals surface area contributed by atoms with E-state index in [4.69, 9.17) is 0 Å². The highest BCUT2D eigenvalue weighted by Gasteiger charge is 2.14. The molecule has 0 saturated carbocycles. The highest BCUT2D eigenvalue weighted by Crippen LogP contribution is 2.26. The van der Waals surface area contributed by atoms with Crippen LogP contribution in [0.2, 0.25) is 0 Å². The lowest BCUT2D eigenvalue weighted by molar-refractivity contribution is 0.277. The maximum absolute atomic E-state index is 4.25. The molecule has 1 atom stereocenters. The first-order chi connectivity index (χ1) is 8.67. The lowest BCUT2D eigenvalue weighted by atomic mass is 9.83. The van der Waals surface area contributed by atoms with Gasteiger partial charge in [0.1, 0.15) is 0 Å². The van der Waals surface area contributed by atoms with Crippen LogP contribution in [0.15, 0.2) is 0 Å². The van der Waals surface area contributed by atoms with Crippen LogP contribution in [0.1, 0.15) is 86.5 Å². The lowest BCUT2D eigenvalue weighted by Crippen LogP contribution is -2.11. The Hall–Kier alpha value is -0.0400. The first kappa shape index (κ1) is 23.1. The number of unbranched alkanes of at least 4 members (excludes halogenated alkanes) is 1. The molecule has 0 aromatic heterocycles. The van der Waals surface area contributed by atoms with Gasteiger partial charge < -0.3 is 4.74 Å². The van der Waals surface area contributed by atoms with Crippen molar-refractivity contribution in [3.8, 4) is 0 Å². The van der Waals surface area contributed by atoms with Crippen molar-refractivity contribution in [1.82, 2.24) is 0 Å². The standard InChI is InChI=1S/C13H28.C2H6O.C2H6/c1-5-8-11-12(4)13(9-6-2)10-7-3;1-3-2;1-2/h12-13H,5-11H2,1-4H3;1-2H3;1-2H3. The quantitative estimate of drug-likeness (QED) is 0.496. The SMILES string of the molecule is CC.CCCCC(C)C(CCC)CCC.COC. The van der Waals surface area contributed by atoms with E-state index in [2.05, 4.69) is 32.4 Å². The van der Waals surface area contributed by atoms with Gasteiger partial charge in [0.05, 0.1) is 0 Å². The van der Waals surface area contributed by atoms with Crippen LogP contribution in [0.25, 0.3) is 0 Å². The summed E-state index contributed by atoms with van der Waals surface area (Å²) >= 11 is 0. The van der Waals surface area contributed by atoms with Crippen LogP contribution in [0.4, 0.5) is 0 Å². The topological polar surface area (TPSA) is 9.23 Å². The number of hydrogen-bond acceptors (Lipinski definition) is 1. The Labute approximate surface area is 118 Å². The minimum atomic E-state index is 0.958. The normalized spacial score (nSPS) is 11.2. The van der Waals surface area contributed by atoms with Gasteiger partial charge in [-0.2, -0.15) is 0 Å². The molecule has 0 bridgehead atoms. The van der Waals surface area contributed by atoms with Crippen LogP contribution >= 0.6 is 0 Å². The first-order valence-corrected chi connectivity index (χ1v) is 8.07. The molecule has 114 valence electrons. The van der Waals surface area contributed by atoms with Crippen molar-refractivity contribution in [3.63, 3.8) is 0 Å². The molecule has 0 heterocycles. The molecule has 0 aromatic rings. The molecule has 0 N–H and O–H groups in total. The van der Waals surface area contributed by atoms with Gasteiger partial charge in [-0.1, -0.05) is 86.5 Å². The second-order valence-electron chi connectivity index (χ2n) is 4.87. The molecule has 0 aliphatic heterocycles. The van der Waals surface area contributed by atoms with Crippen LogP contribution in [-0.4, -0.2) is 14.2 Å². The Morgan fingerprint density at radius 1 is 0.778 bits per heavy atom. The average molecular weight is 261 g/mol. The monoisotopic (exact) mass is 260 g/mol. The number of hydrogen-bond donors (Lipinski definition) is 0. The lowest BCUT2D eigenvalue weighted by Gasteiger charge is -2.23. The summed E-state index contributed by atoms with van der Waals surface area (Å²) in [6.07, 6.45) is 9.83.